The van der Waals surface area contributed by atoms with E-state index in [0.717, 1.165) is 12.2 Å². The van der Waals surface area contributed by atoms with Gasteiger partial charge in [0.1, 0.15) is 0 Å². The van der Waals surface area contributed by atoms with Crippen molar-refractivity contribution in [1.82, 2.24) is 0 Å². The molecule has 1 aliphatic rings. The first-order valence-electron chi connectivity index (χ1n) is 5.58. The Labute approximate surface area is 99.7 Å². The van der Waals surface area contributed by atoms with Gasteiger partial charge in [0, 0.05) is 37.1 Å². The van der Waals surface area contributed by atoms with E-state index in [2.05, 4.69) is 5.32 Å². The maximum absolute atomic E-state index is 11.3. The average molecular weight is 236 g/mol. The maximum Gasteiger partial charge on any atom is 0.257 e. The Morgan fingerprint density at radius 2 is 2.24 bits per heavy atom. The summed E-state index contributed by atoms with van der Waals surface area (Å²) in [5, 5.41) is 21.0. The summed E-state index contributed by atoms with van der Waals surface area (Å²) in [5.74, 6) is -0.379. The van der Waals surface area contributed by atoms with Gasteiger partial charge in [-0.1, -0.05) is 6.07 Å². The second-order valence-corrected chi connectivity index (χ2v) is 4.16. The molecule has 0 fully saturated rings. The summed E-state index contributed by atoms with van der Waals surface area (Å²) < 4.78 is 0. The molecule has 1 heterocycles. The Hall–Kier alpha value is -1.59. The lowest BCUT2D eigenvalue weighted by molar-refractivity contribution is -0.123. The van der Waals surface area contributed by atoms with Crippen molar-refractivity contribution in [1.29, 1.82) is 0 Å². The Kier molecular flexibility index (Phi) is 3.31. The molecule has 1 aliphatic heterocycles. The average Bonchev–Trinajstić information content (AvgIpc) is 2.61. The van der Waals surface area contributed by atoms with Crippen molar-refractivity contribution in [3.63, 3.8) is 0 Å². The third kappa shape index (κ3) is 2.25. The standard InChI is InChI=1S/C12H16N2O3/c1-14(5-2-6-15)8-3-4-9-10(7-8)13-12(17)11(9)16/h3-4,7,11,15-16H,2,5-6H2,1H3,(H,13,17). The first-order chi connectivity index (χ1) is 8.13. The Balaban J connectivity index is 2.18. The number of benzene rings is 1. The van der Waals surface area contributed by atoms with Crippen LogP contribution in [0.2, 0.25) is 0 Å². The number of fused-ring (bicyclic) bond motifs is 1. The van der Waals surface area contributed by atoms with Crippen LogP contribution in [-0.4, -0.2) is 36.3 Å². The van der Waals surface area contributed by atoms with Gasteiger partial charge in [0.25, 0.3) is 5.91 Å². The topological polar surface area (TPSA) is 72.8 Å². The molecule has 1 atom stereocenters. The van der Waals surface area contributed by atoms with Gasteiger partial charge in [-0.15, -0.1) is 0 Å². The quantitative estimate of drug-likeness (QED) is 0.711. The number of anilines is 2. The van der Waals surface area contributed by atoms with E-state index >= 15 is 0 Å². The van der Waals surface area contributed by atoms with Gasteiger partial charge in [-0.25, -0.2) is 0 Å². The minimum Gasteiger partial charge on any atom is -0.396 e. The minimum absolute atomic E-state index is 0.157. The van der Waals surface area contributed by atoms with Gasteiger partial charge in [-0.2, -0.15) is 0 Å². The van der Waals surface area contributed by atoms with Gasteiger partial charge in [-0.05, 0) is 18.6 Å². The first-order valence-corrected chi connectivity index (χ1v) is 5.58. The van der Waals surface area contributed by atoms with E-state index < -0.39 is 6.10 Å². The number of hydrogen-bond acceptors (Lipinski definition) is 4. The molecule has 0 aromatic heterocycles. The van der Waals surface area contributed by atoms with Crippen molar-refractivity contribution in [3.8, 4) is 0 Å². The summed E-state index contributed by atoms with van der Waals surface area (Å²) in [6.07, 6.45) is -0.357. The molecule has 0 saturated carbocycles. The molecule has 0 radical (unpaired) electrons. The zero-order chi connectivity index (χ0) is 12.4. The molecule has 1 aromatic carbocycles. The van der Waals surface area contributed by atoms with E-state index in [0.29, 0.717) is 17.7 Å². The van der Waals surface area contributed by atoms with Crippen LogP contribution in [-0.2, 0) is 4.79 Å². The molecule has 0 bridgehead atoms. The van der Waals surface area contributed by atoms with Crippen LogP contribution in [0.25, 0.3) is 0 Å². The normalized spacial score (nSPS) is 17.8. The molecule has 5 nitrogen and oxygen atoms in total. The Morgan fingerprint density at radius 3 is 2.94 bits per heavy atom. The van der Waals surface area contributed by atoms with E-state index in [9.17, 15) is 9.90 Å². The minimum atomic E-state index is -1.05. The van der Waals surface area contributed by atoms with Gasteiger partial charge in [0.05, 0.1) is 0 Å². The van der Waals surface area contributed by atoms with Crippen LogP contribution in [0.1, 0.15) is 18.1 Å². The highest BCUT2D eigenvalue weighted by atomic mass is 16.3. The summed E-state index contributed by atoms with van der Waals surface area (Å²) in [4.78, 5) is 13.3. The van der Waals surface area contributed by atoms with E-state index in [-0.39, 0.29) is 12.5 Å². The zero-order valence-electron chi connectivity index (χ0n) is 9.68. The van der Waals surface area contributed by atoms with Gasteiger partial charge in [0.15, 0.2) is 6.10 Å². The molecule has 92 valence electrons. The van der Waals surface area contributed by atoms with Gasteiger partial charge >= 0.3 is 0 Å². The van der Waals surface area contributed by atoms with Crippen molar-refractivity contribution < 1.29 is 15.0 Å². The highest BCUT2D eigenvalue weighted by Gasteiger charge is 2.28. The molecule has 1 aromatic rings. The second-order valence-electron chi connectivity index (χ2n) is 4.16. The van der Waals surface area contributed by atoms with Crippen LogP contribution in [0.4, 0.5) is 11.4 Å². The van der Waals surface area contributed by atoms with E-state index in [4.69, 9.17) is 5.11 Å². The third-order valence-electron chi connectivity index (χ3n) is 2.93. The number of aliphatic hydroxyl groups excluding tert-OH is 2. The lowest BCUT2D eigenvalue weighted by Crippen LogP contribution is -2.19. The summed E-state index contributed by atoms with van der Waals surface area (Å²) >= 11 is 0. The molecule has 5 heteroatoms. The number of aliphatic hydroxyl groups is 2. The Bertz CT molecular complexity index is 434. The summed E-state index contributed by atoms with van der Waals surface area (Å²) in [5.41, 5.74) is 2.23. The smallest absolute Gasteiger partial charge is 0.257 e. The van der Waals surface area contributed by atoms with Crippen molar-refractivity contribution in [3.05, 3.63) is 23.8 Å². The fraction of sp³-hybridized carbons (Fsp3) is 0.417. The van der Waals surface area contributed by atoms with Crippen molar-refractivity contribution in [2.75, 3.05) is 30.4 Å². The molecule has 3 N–H and O–H groups in total. The lowest BCUT2D eigenvalue weighted by atomic mass is 10.1. The predicted molar refractivity (Wildman–Crippen MR) is 65.0 cm³/mol. The maximum atomic E-state index is 11.3. The fourth-order valence-electron chi connectivity index (χ4n) is 1.91. The summed E-state index contributed by atoms with van der Waals surface area (Å²) in [7, 11) is 1.92. The monoisotopic (exact) mass is 236 g/mol. The molecular weight excluding hydrogens is 220 g/mol. The molecule has 1 amide bonds. The van der Waals surface area contributed by atoms with Crippen molar-refractivity contribution in [2.45, 2.75) is 12.5 Å². The lowest BCUT2D eigenvalue weighted by Gasteiger charge is -2.19. The SMILES string of the molecule is CN(CCCO)c1ccc2c(c1)NC(=O)C2O. The zero-order valence-corrected chi connectivity index (χ0v) is 9.68. The molecule has 0 spiro atoms. The van der Waals surface area contributed by atoms with Crippen molar-refractivity contribution >= 4 is 17.3 Å². The number of carbonyl (C=O) groups excluding carboxylic acids is 1. The van der Waals surface area contributed by atoms with Crippen LogP contribution >= 0.6 is 0 Å². The predicted octanol–water partition coefficient (Wildman–Crippen LogP) is 0.491. The van der Waals surface area contributed by atoms with E-state index in [1.54, 1.807) is 6.07 Å². The van der Waals surface area contributed by atoms with Gasteiger partial charge in [0.2, 0.25) is 0 Å². The summed E-state index contributed by atoms with van der Waals surface area (Å²) in [6, 6.07) is 5.45. The van der Waals surface area contributed by atoms with Crippen LogP contribution in [0.15, 0.2) is 18.2 Å². The van der Waals surface area contributed by atoms with Gasteiger partial charge in [-0.3, -0.25) is 4.79 Å². The molecule has 17 heavy (non-hydrogen) atoms. The largest absolute Gasteiger partial charge is 0.396 e. The molecule has 1 unspecified atom stereocenters. The number of hydrogen-bond donors (Lipinski definition) is 3. The number of carbonyl (C=O) groups is 1. The van der Waals surface area contributed by atoms with Crippen LogP contribution in [0, 0.1) is 0 Å². The molecule has 0 aliphatic carbocycles. The molecule has 0 saturated heterocycles. The molecular formula is C12H16N2O3. The highest BCUT2D eigenvalue weighted by Crippen LogP contribution is 2.33. The number of nitrogens with zero attached hydrogens (tertiary/aromatic N) is 1. The second kappa shape index (κ2) is 4.73. The number of nitrogens with one attached hydrogen (secondary N) is 1. The highest BCUT2D eigenvalue weighted by molar-refractivity contribution is 6.02. The van der Waals surface area contributed by atoms with E-state index in [1.165, 1.54) is 0 Å². The fourth-order valence-corrected chi connectivity index (χ4v) is 1.91. The Morgan fingerprint density at radius 1 is 1.47 bits per heavy atom. The van der Waals surface area contributed by atoms with Crippen molar-refractivity contribution in [2.24, 2.45) is 0 Å². The third-order valence-corrected chi connectivity index (χ3v) is 2.93. The van der Waals surface area contributed by atoms with Crippen LogP contribution in [0.3, 0.4) is 0 Å². The molecule has 2 rings (SSSR count). The first kappa shape index (κ1) is 11.9. The number of rotatable bonds is 4. The van der Waals surface area contributed by atoms with E-state index in [1.807, 2.05) is 24.1 Å². The van der Waals surface area contributed by atoms with Crippen LogP contribution < -0.4 is 10.2 Å². The summed E-state index contributed by atoms with van der Waals surface area (Å²) in [6.45, 7) is 0.899. The van der Waals surface area contributed by atoms with Gasteiger partial charge < -0.3 is 20.4 Å². The number of amides is 1. The van der Waals surface area contributed by atoms with Crippen LogP contribution in [0.5, 0.6) is 0 Å².